The number of carbonyl (C=O) groups excluding carboxylic acids is 1. The van der Waals surface area contributed by atoms with Crippen molar-refractivity contribution in [3.05, 3.63) is 99.9 Å². The van der Waals surface area contributed by atoms with Crippen molar-refractivity contribution < 1.29 is 27.4 Å². The third kappa shape index (κ3) is 4.63. The van der Waals surface area contributed by atoms with Gasteiger partial charge in [-0.3, -0.25) is 9.59 Å². The number of ether oxygens (including phenoxy) is 2. The van der Waals surface area contributed by atoms with E-state index in [1.54, 1.807) is 43.3 Å². The summed E-state index contributed by atoms with van der Waals surface area (Å²) >= 11 is 0. The Morgan fingerprint density at radius 2 is 1.74 bits per heavy atom. The zero-order valence-electron chi connectivity index (χ0n) is 18.2. The average Bonchev–Trinajstić information content (AvgIpc) is 2.82. The molecule has 1 unspecified atom stereocenters. The lowest BCUT2D eigenvalue weighted by atomic mass is 10.0. The van der Waals surface area contributed by atoms with Crippen molar-refractivity contribution in [1.29, 1.82) is 0 Å². The van der Waals surface area contributed by atoms with Crippen molar-refractivity contribution in [2.45, 2.75) is 19.4 Å². The number of aromatic nitrogens is 2. The van der Waals surface area contributed by atoms with Gasteiger partial charge >= 0.3 is 5.97 Å². The summed E-state index contributed by atoms with van der Waals surface area (Å²) in [5.74, 6) is -3.21. The Kier molecular flexibility index (Phi) is 6.36. The minimum Gasteiger partial charge on any atom is -0.469 e. The Balaban J connectivity index is 1.66. The molecule has 3 aromatic carbocycles. The summed E-state index contributed by atoms with van der Waals surface area (Å²) < 4.78 is 53.5. The van der Waals surface area contributed by atoms with E-state index < -0.39 is 28.9 Å². The van der Waals surface area contributed by atoms with Crippen molar-refractivity contribution >= 4 is 16.9 Å². The molecule has 1 aromatic heterocycles. The number of halogens is 3. The summed E-state index contributed by atoms with van der Waals surface area (Å²) in [5, 5.41) is 0.169. The first kappa shape index (κ1) is 23.0. The molecule has 0 bridgehead atoms. The maximum atomic E-state index is 14.1. The molecular formula is C25H19F3N2O4. The molecule has 0 fully saturated rings. The molecule has 0 spiro atoms. The predicted molar refractivity (Wildman–Crippen MR) is 118 cm³/mol. The Labute approximate surface area is 192 Å². The molecule has 174 valence electrons. The van der Waals surface area contributed by atoms with Gasteiger partial charge < -0.3 is 14.0 Å². The fraction of sp³-hybridized carbons (Fsp3) is 0.160. The van der Waals surface area contributed by atoms with Gasteiger partial charge in [0.1, 0.15) is 29.0 Å². The molecule has 0 aliphatic carbocycles. The molecule has 9 heteroatoms. The van der Waals surface area contributed by atoms with Gasteiger partial charge in [-0.2, -0.15) is 4.98 Å². The molecule has 6 nitrogen and oxygen atoms in total. The van der Waals surface area contributed by atoms with E-state index in [1.165, 1.54) is 24.1 Å². The zero-order chi connectivity index (χ0) is 24.4. The summed E-state index contributed by atoms with van der Waals surface area (Å²) in [5.41, 5.74) is 0.149. The first-order valence-electron chi connectivity index (χ1n) is 10.2. The lowest BCUT2D eigenvalue weighted by Crippen LogP contribution is -2.14. The van der Waals surface area contributed by atoms with Gasteiger partial charge in [0.2, 0.25) is 0 Å². The quantitative estimate of drug-likeness (QED) is 0.375. The van der Waals surface area contributed by atoms with Crippen molar-refractivity contribution in [1.82, 2.24) is 9.55 Å². The standard InChI is InChI=1S/C25H19F3N2O4/c1-14(25(32)33-2)15-4-3-5-17(8-15)34-18-6-7-23-19(11-18)24(31)29-13-30(23)12-20-21(27)9-16(26)10-22(20)28/h3-11,13-14H,12H2,1-2H3. The van der Waals surface area contributed by atoms with E-state index in [4.69, 9.17) is 9.47 Å². The zero-order valence-corrected chi connectivity index (χ0v) is 18.2. The van der Waals surface area contributed by atoms with Gasteiger partial charge in [0.05, 0.1) is 36.8 Å². The highest BCUT2D eigenvalue weighted by atomic mass is 19.1. The minimum atomic E-state index is -1.04. The van der Waals surface area contributed by atoms with Crippen LogP contribution in [0, 0.1) is 17.5 Å². The number of fused-ring (bicyclic) bond motifs is 1. The summed E-state index contributed by atoms with van der Waals surface area (Å²) in [6, 6.07) is 12.7. The lowest BCUT2D eigenvalue weighted by molar-refractivity contribution is -0.141. The van der Waals surface area contributed by atoms with E-state index in [9.17, 15) is 22.8 Å². The van der Waals surface area contributed by atoms with Crippen LogP contribution in [0.4, 0.5) is 13.2 Å². The second kappa shape index (κ2) is 9.38. The molecule has 0 saturated heterocycles. The molecule has 0 saturated carbocycles. The van der Waals surface area contributed by atoms with Crippen molar-refractivity contribution in [2.75, 3.05) is 7.11 Å². The first-order chi connectivity index (χ1) is 16.3. The van der Waals surface area contributed by atoms with Crippen LogP contribution in [0.5, 0.6) is 11.5 Å². The Morgan fingerprint density at radius 1 is 1.03 bits per heavy atom. The van der Waals surface area contributed by atoms with E-state index in [0.717, 1.165) is 0 Å². The van der Waals surface area contributed by atoms with Crippen molar-refractivity contribution in [3.8, 4) is 11.5 Å². The van der Waals surface area contributed by atoms with Crippen LogP contribution in [0.3, 0.4) is 0 Å². The molecule has 4 aromatic rings. The number of benzene rings is 3. The van der Waals surface area contributed by atoms with Gasteiger partial charge in [-0.1, -0.05) is 12.1 Å². The molecule has 0 radical (unpaired) electrons. The largest absolute Gasteiger partial charge is 0.469 e. The molecule has 0 aliphatic heterocycles. The maximum Gasteiger partial charge on any atom is 0.312 e. The van der Waals surface area contributed by atoms with Gasteiger partial charge in [-0.05, 0) is 42.8 Å². The van der Waals surface area contributed by atoms with E-state index in [1.807, 2.05) is 0 Å². The molecule has 34 heavy (non-hydrogen) atoms. The monoisotopic (exact) mass is 468 g/mol. The van der Waals surface area contributed by atoms with Crippen LogP contribution in [0.15, 0.2) is 65.7 Å². The summed E-state index contributed by atoms with van der Waals surface area (Å²) in [6.07, 6.45) is 1.17. The number of hydrogen-bond acceptors (Lipinski definition) is 5. The highest BCUT2D eigenvalue weighted by molar-refractivity contribution is 5.80. The van der Waals surface area contributed by atoms with Crippen LogP contribution < -0.4 is 10.3 Å². The van der Waals surface area contributed by atoms with Gasteiger partial charge in [0, 0.05) is 17.7 Å². The van der Waals surface area contributed by atoms with Crippen LogP contribution >= 0.6 is 0 Å². The molecule has 0 aliphatic rings. The first-order valence-corrected chi connectivity index (χ1v) is 10.2. The highest BCUT2D eigenvalue weighted by Gasteiger charge is 2.17. The molecule has 1 heterocycles. The Bertz CT molecular complexity index is 1430. The molecule has 1 atom stereocenters. The van der Waals surface area contributed by atoms with Gasteiger partial charge in [0.25, 0.3) is 5.56 Å². The van der Waals surface area contributed by atoms with Crippen LogP contribution in [-0.2, 0) is 16.1 Å². The van der Waals surface area contributed by atoms with E-state index >= 15 is 0 Å². The minimum absolute atomic E-state index is 0.169. The second-order valence-corrected chi connectivity index (χ2v) is 7.62. The fourth-order valence-electron chi connectivity index (χ4n) is 3.57. The van der Waals surface area contributed by atoms with Crippen LogP contribution in [0.1, 0.15) is 24.0 Å². The van der Waals surface area contributed by atoms with Crippen LogP contribution in [0.2, 0.25) is 0 Å². The number of esters is 1. The highest BCUT2D eigenvalue weighted by Crippen LogP contribution is 2.28. The summed E-state index contributed by atoms with van der Waals surface area (Å²) in [4.78, 5) is 28.0. The van der Waals surface area contributed by atoms with Crippen molar-refractivity contribution in [3.63, 3.8) is 0 Å². The molecular weight excluding hydrogens is 449 g/mol. The fourth-order valence-corrected chi connectivity index (χ4v) is 3.57. The number of carbonyl (C=O) groups is 1. The van der Waals surface area contributed by atoms with Crippen molar-refractivity contribution in [2.24, 2.45) is 0 Å². The number of rotatable bonds is 6. The maximum absolute atomic E-state index is 14.1. The third-order valence-corrected chi connectivity index (χ3v) is 5.41. The second-order valence-electron chi connectivity index (χ2n) is 7.62. The number of hydrogen-bond donors (Lipinski definition) is 0. The topological polar surface area (TPSA) is 70.4 Å². The van der Waals surface area contributed by atoms with E-state index in [0.29, 0.717) is 34.7 Å². The third-order valence-electron chi connectivity index (χ3n) is 5.41. The Morgan fingerprint density at radius 3 is 2.44 bits per heavy atom. The number of nitrogens with zero attached hydrogens (tertiary/aromatic N) is 2. The average molecular weight is 468 g/mol. The van der Waals surface area contributed by atoms with Crippen LogP contribution in [0.25, 0.3) is 10.9 Å². The SMILES string of the molecule is COC(=O)C(C)c1cccc(Oc2ccc3c(c2)c(=O)ncn3Cc2c(F)cc(F)cc2F)c1. The number of methoxy groups -OCH3 is 1. The lowest BCUT2D eigenvalue weighted by Gasteiger charge is -2.14. The summed E-state index contributed by atoms with van der Waals surface area (Å²) in [6.45, 7) is 1.41. The predicted octanol–water partition coefficient (Wildman–Crippen LogP) is 4.93. The Hall–Kier alpha value is -4.14. The van der Waals surface area contributed by atoms with Gasteiger partial charge in [0.15, 0.2) is 0 Å². The van der Waals surface area contributed by atoms with E-state index in [-0.39, 0.29) is 23.5 Å². The van der Waals surface area contributed by atoms with E-state index in [2.05, 4.69) is 4.98 Å². The molecule has 4 rings (SSSR count). The van der Waals surface area contributed by atoms with Gasteiger partial charge in [-0.15, -0.1) is 0 Å². The smallest absolute Gasteiger partial charge is 0.312 e. The normalized spacial score (nSPS) is 11.9. The van der Waals surface area contributed by atoms with Crippen LogP contribution in [-0.4, -0.2) is 22.6 Å². The van der Waals surface area contributed by atoms with Gasteiger partial charge in [-0.25, -0.2) is 13.2 Å². The molecule has 0 N–H and O–H groups in total. The molecule has 0 amide bonds. The summed E-state index contributed by atoms with van der Waals surface area (Å²) in [7, 11) is 1.31.